The molecule has 27 heavy (non-hydrogen) atoms. The fourth-order valence-corrected chi connectivity index (χ4v) is 3.27. The number of aryl methyl sites for hydroxylation is 3. The standard InChI is InChI=1S/C23H25NO3/c1-15-11-16(2)21(17(3)12-15)13-20-9-10-22(27-20)23(25)24-14-18-5-7-19(26-4)8-6-18/h5-12H,13-14H2,1-4H3,(H,24,25). The van der Waals surface area contributed by atoms with Crippen LogP contribution >= 0.6 is 0 Å². The minimum atomic E-state index is -0.214. The van der Waals surface area contributed by atoms with Crippen molar-refractivity contribution >= 4 is 5.91 Å². The van der Waals surface area contributed by atoms with Crippen LogP contribution in [0.5, 0.6) is 5.75 Å². The maximum Gasteiger partial charge on any atom is 0.287 e. The Labute approximate surface area is 160 Å². The van der Waals surface area contributed by atoms with Gasteiger partial charge in [0, 0.05) is 13.0 Å². The molecule has 3 rings (SSSR count). The van der Waals surface area contributed by atoms with E-state index in [1.165, 1.54) is 22.3 Å². The van der Waals surface area contributed by atoms with Gasteiger partial charge >= 0.3 is 0 Å². The van der Waals surface area contributed by atoms with Crippen LogP contribution in [0.1, 0.15) is 44.1 Å². The lowest BCUT2D eigenvalue weighted by Crippen LogP contribution is -2.22. The van der Waals surface area contributed by atoms with Crippen molar-refractivity contribution in [3.05, 3.63) is 87.9 Å². The van der Waals surface area contributed by atoms with Crippen molar-refractivity contribution in [3.8, 4) is 5.75 Å². The molecule has 0 aliphatic heterocycles. The van der Waals surface area contributed by atoms with Gasteiger partial charge in [0.2, 0.25) is 0 Å². The van der Waals surface area contributed by atoms with Crippen LogP contribution in [0.15, 0.2) is 52.9 Å². The lowest BCUT2D eigenvalue weighted by molar-refractivity contribution is 0.0921. The van der Waals surface area contributed by atoms with Gasteiger partial charge in [-0.05, 0) is 67.3 Å². The van der Waals surface area contributed by atoms with Crippen LogP contribution in [0.3, 0.4) is 0 Å². The van der Waals surface area contributed by atoms with Crippen molar-refractivity contribution in [1.82, 2.24) is 5.32 Å². The number of hydrogen-bond acceptors (Lipinski definition) is 3. The number of ether oxygens (including phenoxy) is 1. The number of nitrogens with one attached hydrogen (secondary N) is 1. The van der Waals surface area contributed by atoms with Crippen LogP contribution in [0.2, 0.25) is 0 Å². The average Bonchev–Trinajstić information content (AvgIpc) is 3.12. The van der Waals surface area contributed by atoms with Crippen molar-refractivity contribution in [2.24, 2.45) is 0 Å². The van der Waals surface area contributed by atoms with E-state index in [-0.39, 0.29) is 5.91 Å². The molecule has 4 heteroatoms. The van der Waals surface area contributed by atoms with Gasteiger partial charge < -0.3 is 14.5 Å². The number of carbonyl (C=O) groups is 1. The lowest BCUT2D eigenvalue weighted by Gasteiger charge is -2.10. The maximum absolute atomic E-state index is 12.4. The Kier molecular flexibility index (Phi) is 5.65. The average molecular weight is 363 g/mol. The van der Waals surface area contributed by atoms with Gasteiger partial charge in [-0.1, -0.05) is 29.8 Å². The maximum atomic E-state index is 12.4. The molecule has 140 valence electrons. The third kappa shape index (κ3) is 4.59. The zero-order valence-electron chi connectivity index (χ0n) is 16.3. The highest BCUT2D eigenvalue weighted by Crippen LogP contribution is 2.21. The van der Waals surface area contributed by atoms with Gasteiger partial charge in [0.05, 0.1) is 7.11 Å². The highest BCUT2D eigenvalue weighted by atomic mass is 16.5. The molecule has 0 saturated carbocycles. The molecule has 4 nitrogen and oxygen atoms in total. The largest absolute Gasteiger partial charge is 0.497 e. The van der Waals surface area contributed by atoms with Crippen molar-refractivity contribution in [3.63, 3.8) is 0 Å². The van der Waals surface area contributed by atoms with Gasteiger partial charge in [-0.2, -0.15) is 0 Å². The van der Waals surface area contributed by atoms with E-state index in [4.69, 9.17) is 9.15 Å². The quantitative estimate of drug-likeness (QED) is 0.688. The second-order valence-electron chi connectivity index (χ2n) is 6.85. The molecule has 0 aliphatic carbocycles. The van der Waals surface area contributed by atoms with Crippen LogP contribution in [0, 0.1) is 20.8 Å². The third-order valence-corrected chi connectivity index (χ3v) is 4.69. The van der Waals surface area contributed by atoms with Crippen molar-refractivity contribution in [1.29, 1.82) is 0 Å². The molecule has 0 radical (unpaired) electrons. The van der Waals surface area contributed by atoms with Gasteiger partial charge in [-0.3, -0.25) is 4.79 Å². The van der Waals surface area contributed by atoms with Crippen LogP contribution in [0.25, 0.3) is 0 Å². The molecular weight excluding hydrogens is 338 g/mol. The number of benzene rings is 2. The molecule has 0 atom stereocenters. The summed E-state index contributed by atoms with van der Waals surface area (Å²) in [5, 5.41) is 2.89. The second kappa shape index (κ2) is 8.12. The topological polar surface area (TPSA) is 51.5 Å². The van der Waals surface area contributed by atoms with E-state index in [1.807, 2.05) is 30.3 Å². The van der Waals surface area contributed by atoms with Crippen LogP contribution < -0.4 is 10.1 Å². The minimum absolute atomic E-state index is 0.214. The van der Waals surface area contributed by atoms with E-state index in [0.29, 0.717) is 18.7 Å². The molecule has 0 aliphatic rings. The van der Waals surface area contributed by atoms with Gasteiger partial charge in [0.25, 0.3) is 5.91 Å². The predicted molar refractivity (Wildman–Crippen MR) is 106 cm³/mol. The van der Waals surface area contributed by atoms with Gasteiger partial charge in [-0.25, -0.2) is 0 Å². The first kappa shape index (κ1) is 18.8. The zero-order valence-corrected chi connectivity index (χ0v) is 16.3. The molecule has 1 aromatic heterocycles. The van der Waals surface area contributed by atoms with E-state index in [2.05, 4.69) is 38.2 Å². The monoisotopic (exact) mass is 363 g/mol. The van der Waals surface area contributed by atoms with Crippen molar-refractivity contribution in [2.45, 2.75) is 33.7 Å². The molecule has 0 spiro atoms. The number of carbonyl (C=O) groups excluding carboxylic acids is 1. The molecular formula is C23H25NO3. The van der Waals surface area contributed by atoms with E-state index >= 15 is 0 Å². The number of rotatable bonds is 6. The highest BCUT2D eigenvalue weighted by molar-refractivity contribution is 5.91. The molecule has 0 saturated heterocycles. The number of furan rings is 1. The smallest absolute Gasteiger partial charge is 0.287 e. The Hall–Kier alpha value is -3.01. The first-order chi connectivity index (χ1) is 13.0. The molecule has 1 amide bonds. The summed E-state index contributed by atoms with van der Waals surface area (Å²) >= 11 is 0. The van der Waals surface area contributed by atoms with Crippen molar-refractivity contribution < 1.29 is 13.9 Å². The molecule has 3 aromatic rings. The van der Waals surface area contributed by atoms with E-state index in [0.717, 1.165) is 17.1 Å². The third-order valence-electron chi connectivity index (χ3n) is 4.69. The molecule has 1 N–H and O–H groups in total. The molecule has 0 bridgehead atoms. The fraction of sp³-hybridized carbons (Fsp3) is 0.261. The Morgan fingerprint density at radius 1 is 1.00 bits per heavy atom. The number of hydrogen-bond donors (Lipinski definition) is 1. The van der Waals surface area contributed by atoms with E-state index in [1.54, 1.807) is 13.2 Å². The summed E-state index contributed by atoms with van der Waals surface area (Å²) in [4.78, 5) is 12.4. The molecule has 1 heterocycles. The number of amides is 1. The van der Waals surface area contributed by atoms with Gasteiger partial charge in [0.15, 0.2) is 5.76 Å². The predicted octanol–water partition coefficient (Wildman–Crippen LogP) is 4.73. The number of methoxy groups -OCH3 is 1. The summed E-state index contributed by atoms with van der Waals surface area (Å²) in [7, 11) is 1.63. The van der Waals surface area contributed by atoms with E-state index < -0.39 is 0 Å². The molecule has 0 unspecified atom stereocenters. The van der Waals surface area contributed by atoms with Crippen LogP contribution in [0.4, 0.5) is 0 Å². The Morgan fingerprint density at radius 3 is 2.30 bits per heavy atom. The molecule has 2 aromatic carbocycles. The second-order valence-corrected chi connectivity index (χ2v) is 6.85. The lowest BCUT2D eigenvalue weighted by atomic mass is 9.97. The van der Waals surface area contributed by atoms with Crippen LogP contribution in [-0.4, -0.2) is 13.0 Å². The SMILES string of the molecule is COc1ccc(CNC(=O)c2ccc(Cc3c(C)cc(C)cc3C)o2)cc1. The normalized spacial score (nSPS) is 10.7. The molecule has 0 fully saturated rings. The summed E-state index contributed by atoms with van der Waals surface area (Å²) in [6.45, 7) is 6.76. The fourth-order valence-electron chi connectivity index (χ4n) is 3.27. The van der Waals surface area contributed by atoms with Crippen molar-refractivity contribution in [2.75, 3.05) is 7.11 Å². The summed E-state index contributed by atoms with van der Waals surface area (Å²) in [6, 6.07) is 15.6. The van der Waals surface area contributed by atoms with Gasteiger partial charge in [-0.15, -0.1) is 0 Å². The minimum Gasteiger partial charge on any atom is -0.497 e. The Balaban J connectivity index is 1.63. The van der Waals surface area contributed by atoms with Gasteiger partial charge in [0.1, 0.15) is 11.5 Å². The highest BCUT2D eigenvalue weighted by Gasteiger charge is 2.13. The zero-order chi connectivity index (χ0) is 19.4. The first-order valence-electron chi connectivity index (χ1n) is 9.03. The summed E-state index contributed by atoms with van der Waals surface area (Å²) in [5.41, 5.74) is 6.00. The van der Waals surface area contributed by atoms with Crippen LogP contribution in [-0.2, 0) is 13.0 Å². The first-order valence-corrected chi connectivity index (χ1v) is 9.03. The van der Waals surface area contributed by atoms with E-state index in [9.17, 15) is 4.79 Å². The summed E-state index contributed by atoms with van der Waals surface area (Å²) in [6.07, 6.45) is 0.684. The Morgan fingerprint density at radius 2 is 1.67 bits per heavy atom. The Bertz CT molecular complexity index is 916. The summed E-state index contributed by atoms with van der Waals surface area (Å²) < 4.78 is 10.9. The summed E-state index contributed by atoms with van der Waals surface area (Å²) in [5.74, 6) is 1.71.